The second-order valence-corrected chi connectivity index (χ2v) is 5.77. The summed E-state index contributed by atoms with van der Waals surface area (Å²) in [6.07, 6.45) is 4.20. The van der Waals surface area contributed by atoms with Gasteiger partial charge in [0.05, 0.1) is 17.4 Å². The van der Waals surface area contributed by atoms with Crippen LogP contribution in [0.4, 0.5) is 5.69 Å². The number of rotatable bonds is 3. The zero-order valence-corrected chi connectivity index (χ0v) is 13.6. The van der Waals surface area contributed by atoms with Crippen LogP contribution in [-0.2, 0) is 0 Å². The van der Waals surface area contributed by atoms with Crippen LogP contribution in [0, 0.1) is 11.3 Å². The third-order valence-electron chi connectivity index (χ3n) is 4.24. The summed E-state index contributed by atoms with van der Waals surface area (Å²) < 4.78 is 1.78. The summed E-state index contributed by atoms with van der Waals surface area (Å²) in [6.45, 7) is 0. The van der Waals surface area contributed by atoms with Crippen LogP contribution in [0.25, 0.3) is 27.7 Å². The number of carbonyl (C=O) groups is 1. The SMILES string of the molecule is N#Cc1ccc(-c2cccc3c2cnn3-c2ccc(C=O)c(N)c2)cn1. The minimum Gasteiger partial charge on any atom is -0.398 e. The number of anilines is 1. The fraction of sp³-hybridized carbons (Fsp3) is 0. The van der Waals surface area contributed by atoms with Gasteiger partial charge in [-0.15, -0.1) is 0 Å². The van der Waals surface area contributed by atoms with Crippen LogP contribution in [-0.4, -0.2) is 21.1 Å². The average Bonchev–Trinajstić information content (AvgIpc) is 3.12. The molecule has 0 fully saturated rings. The number of benzene rings is 2. The minimum absolute atomic E-state index is 0.377. The monoisotopic (exact) mass is 339 g/mol. The molecule has 0 amide bonds. The number of aromatic nitrogens is 3. The molecule has 0 bridgehead atoms. The third kappa shape index (κ3) is 2.48. The number of hydrogen-bond acceptors (Lipinski definition) is 5. The number of nitrogens with zero attached hydrogens (tertiary/aromatic N) is 4. The van der Waals surface area contributed by atoms with Crippen LogP contribution in [0.1, 0.15) is 16.1 Å². The van der Waals surface area contributed by atoms with E-state index < -0.39 is 0 Å². The molecule has 2 N–H and O–H groups in total. The molecule has 0 saturated carbocycles. The number of pyridine rings is 1. The van der Waals surface area contributed by atoms with E-state index in [2.05, 4.69) is 10.1 Å². The van der Waals surface area contributed by atoms with E-state index in [1.54, 1.807) is 35.3 Å². The summed E-state index contributed by atoms with van der Waals surface area (Å²) in [6, 6.07) is 16.7. The van der Waals surface area contributed by atoms with Gasteiger partial charge in [0, 0.05) is 28.4 Å². The number of aldehydes is 1. The third-order valence-corrected chi connectivity index (χ3v) is 4.24. The molecule has 4 rings (SSSR count). The summed E-state index contributed by atoms with van der Waals surface area (Å²) in [5.41, 5.74) is 10.7. The van der Waals surface area contributed by atoms with Crippen LogP contribution in [0.3, 0.4) is 0 Å². The first-order chi connectivity index (χ1) is 12.7. The highest BCUT2D eigenvalue weighted by atomic mass is 16.1. The Bertz CT molecular complexity index is 1170. The molecule has 6 nitrogen and oxygen atoms in total. The number of hydrogen-bond donors (Lipinski definition) is 1. The van der Waals surface area contributed by atoms with Gasteiger partial charge in [0.25, 0.3) is 0 Å². The van der Waals surface area contributed by atoms with Gasteiger partial charge in [-0.2, -0.15) is 10.4 Å². The highest BCUT2D eigenvalue weighted by Crippen LogP contribution is 2.30. The normalized spacial score (nSPS) is 10.6. The van der Waals surface area contributed by atoms with Gasteiger partial charge in [0.2, 0.25) is 0 Å². The van der Waals surface area contributed by atoms with Crippen molar-refractivity contribution in [2.24, 2.45) is 0 Å². The maximum absolute atomic E-state index is 11.0. The summed E-state index contributed by atoms with van der Waals surface area (Å²) in [5, 5.41) is 14.3. The van der Waals surface area contributed by atoms with Crippen molar-refractivity contribution in [3.63, 3.8) is 0 Å². The molecule has 2 aromatic carbocycles. The topological polar surface area (TPSA) is 97.6 Å². The van der Waals surface area contributed by atoms with Crippen molar-refractivity contribution in [1.82, 2.24) is 14.8 Å². The number of nitrogens with two attached hydrogens (primary N) is 1. The second-order valence-electron chi connectivity index (χ2n) is 5.77. The molecular formula is C20H13N5O. The Balaban J connectivity index is 1.86. The van der Waals surface area contributed by atoms with Gasteiger partial charge in [0.1, 0.15) is 11.8 Å². The van der Waals surface area contributed by atoms with E-state index >= 15 is 0 Å². The Labute approximate surface area is 149 Å². The summed E-state index contributed by atoms with van der Waals surface area (Å²) in [7, 11) is 0. The van der Waals surface area contributed by atoms with Crippen molar-refractivity contribution in [3.05, 3.63) is 72.2 Å². The lowest BCUT2D eigenvalue weighted by atomic mass is 10.0. The lowest BCUT2D eigenvalue weighted by Gasteiger charge is -2.07. The first-order valence-corrected chi connectivity index (χ1v) is 7.89. The van der Waals surface area contributed by atoms with E-state index in [0.717, 1.165) is 34.0 Å². The number of fused-ring (bicyclic) bond motifs is 1. The van der Waals surface area contributed by atoms with Crippen LogP contribution < -0.4 is 5.73 Å². The molecule has 0 aliphatic rings. The Morgan fingerprint density at radius 1 is 1.12 bits per heavy atom. The molecule has 0 unspecified atom stereocenters. The van der Waals surface area contributed by atoms with Gasteiger partial charge >= 0.3 is 0 Å². The van der Waals surface area contributed by atoms with Crippen LogP contribution in [0.5, 0.6) is 0 Å². The van der Waals surface area contributed by atoms with Crippen molar-refractivity contribution < 1.29 is 4.79 Å². The molecule has 2 aromatic heterocycles. The Morgan fingerprint density at radius 2 is 2.00 bits per heavy atom. The highest BCUT2D eigenvalue weighted by Gasteiger charge is 2.11. The van der Waals surface area contributed by atoms with Crippen molar-refractivity contribution >= 4 is 22.9 Å². The fourth-order valence-corrected chi connectivity index (χ4v) is 2.93. The van der Waals surface area contributed by atoms with E-state index in [1.165, 1.54) is 0 Å². The van der Waals surface area contributed by atoms with Crippen molar-refractivity contribution in [3.8, 4) is 22.9 Å². The van der Waals surface area contributed by atoms with Gasteiger partial charge in [-0.3, -0.25) is 4.79 Å². The molecule has 0 aliphatic carbocycles. The van der Waals surface area contributed by atoms with Gasteiger partial charge in [-0.1, -0.05) is 12.1 Å². The molecule has 0 radical (unpaired) electrons. The van der Waals surface area contributed by atoms with Crippen LogP contribution in [0.2, 0.25) is 0 Å². The quantitative estimate of drug-likeness (QED) is 0.456. The summed E-state index contributed by atoms with van der Waals surface area (Å²) >= 11 is 0. The largest absolute Gasteiger partial charge is 0.398 e. The van der Waals surface area contributed by atoms with E-state index in [9.17, 15) is 4.79 Å². The first kappa shape index (κ1) is 15.5. The van der Waals surface area contributed by atoms with E-state index in [0.29, 0.717) is 16.9 Å². The lowest BCUT2D eigenvalue weighted by Crippen LogP contribution is -2.00. The van der Waals surface area contributed by atoms with Gasteiger partial charge in [-0.05, 0) is 42.0 Å². The number of carbonyl (C=O) groups excluding carboxylic acids is 1. The molecule has 0 atom stereocenters. The summed E-state index contributed by atoms with van der Waals surface area (Å²) in [5.74, 6) is 0. The van der Waals surface area contributed by atoms with Gasteiger partial charge in [0.15, 0.2) is 6.29 Å². The number of nitriles is 1. The Hall–Kier alpha value is -3.98. The summed E-state index contributed by atoms with van der Waals surface area (Å²) in [4.78, 5) is 15.1. The zero-order chi connectivity index (χ0) is 18.1. The molecule has 2 heterocycles. The number of nitrogen functional groups attached to an aromatic ring is 1. The average molecular weight is 339 g/mol. The molecule has 0 aliphatic heterocycles. The zero-order valence-electron chi connectivity index (χ0n) is 13.6. The highest BCUT2D eigenvalue weighted by molar-refractivity contribution is 5.95. The smallest absolute Gasteiger partial charge is 0.152 e. The van der Waals surface area contributed by atoms with E-state index in [4.69, 9.17) is 11.0 Å². The predicted octanol–water partition coefficient (Wildman–Crippen LogP) is 3.35. The van der Waals surface area contributed by atoms with E-state index in [1.807, 2.05) is 36.4 Å². The van der Waals surface area contributed by atoms with Crippen molar-refractivity contribution in [2.45, 2.75) is 0 Å². The first-order valence-electron chi connectivity index (χ1n) is 7.89. The molecule has 6 heteroatoms. The standard InChI is InChI=1S/C20H13N5O/c21-9-15-6-4-13(10-23-15)17-2-1-3-20-18(17)11-24-25(20)16-7-5-14(12-26)19(22)8-16/h1-8,10-12H,22H2. The second kappa shape index (κ2) is 6.15. The van der Waals surface area contributed by atoms with E-state index in [-0.39, 0.29) is 0 Å². The Morgan fingerprint density at radius 3 is 2.69 bits per heavy atom. The maximum Gasteiger partial charge on any atom is 0.152 e. The molecule has 26 heavy (non-hydrogen) atoms. The van der Waals surface area contributed by atoms with Crippen molar-refractivity contribution in [2.75, 3.05) is 5.73 Å². The molecule has 0 spiro atoms. The lowest BCUT2D eigenvalue weighted by molar-refractivity contribution is 0.112. The Kier molecular flexibility index (Phi) is 3.67. The molecule has 124 valence electrons. The predicted molar refractivity (Wildman–Crippen MR) is 98.8 cm³/mol. The molecule has 4 aromatic rings. The van der Waals surface area contributed by atoms with Crippen molar-refractivity contribution in [1.29, 1.82) is 5.26 Å². The molecule has 0 saturated heterocycles. The molecular weight excluding hydrogens is 326 g/mol. The van der Waals surface area contributed by atoms with Gasteiger partial charge < -0.3 is 5.73 Å². The van der Waals surface area contributed by atoms with Gasteiger partial charge in [-0.25, -0.2) is 9.67 Å². The van der Waals surface area contributed by atoms with Crippen LogP contribution in [0.15, 0.2) is 60.9 Å². The van der Waals surface area contributed by atoms with Crippen LogP contribution >= 0.6 is 0 Å². The minimum atomic E-state index is 0.377. The fourth-order valence-electron chi connectivity index (χ4n) is 2.93. The maximum atomic E-state index is 11.0.